The Morgan fingerprint density at radius 2 is 1.77 bits per heavy atom. The van der Waals surface area contributed by atoms with Crippen LogP contribution in [0, 0.1) is 11.8 Å². The van der Waals surface area contributed by atoms with Crippen LogP contribution in [0.15, 0.2) is 0 Å². The van der Waals surface area contributed by atoms with Gasteiger partial charge in [0.2, 0.25) is 5.91 Å². The van der Waals surface area contributed by atoms with Crippen molar-refractivity contribution in [2.45, 2.75) is 44.7 Å². The van der Waals surface area contributed by atoms with Crippen molar-refractivity contribution in [3.8, 4) is 0 Å². The zero-order chi connectivity index (χ0) is 15.7. The molecule has 126 valence electrons. The molecule has 1 atom stereocenters. The number of likely N-dealkylation sites (tertiary alicyclic amines) is 1. The number of amides is 1. The minimum atomic E-state index is 0.133. The van der Waals surface area contributed by atoms with Gasteiger partial charge in [0, 0.05) is 38.8 Å². The van der Waals surface area contributed by atoms with Crippen LogP contribution in [-0.2, 0) is 4.79 Å². The number of rotatable bonds is 3. The molecule has 0 aromatic rings. The van der Waals surface area contributed by atoms with E-state index < -0.39 is 0 Å². The molecule has 3 rings (SSSR count). The van der Waals surface area contributed by atoms with Crippen LogP contribution in [0.1, 0.15) is 32.6 Å². The molecule has 1 amide bonds. The molecule has 1 saturated carbocycles. The van der Waals surface area contributed by atoms with E-state index in [4.69, 9.17) is 0 Å². The molecule has 0 spiro atoms. The van der Waals surface area contributed by atoms with Gasteiger partial charge in [-0.1, -0.05) is 6.92 Å². The first-order valence-corrected chi connectivity index (χ1v) is 8.92. The molecular weight excluding hydrogens is 278 g/mol. The second-order valence-corrected chi connectivity index (χ2v) is 7.69. The first kappa shape index (κ1) is 16.2. The van der Waals surface area contributed by atoms with Crippen LogP contribution in [0.5, 0.6) is 0 Å². The Labute approximate surface area is 134 Å². The van der Waals surface area contributed by atoms with Crippen molar-refractivity contribution in [3.63, 3.8) is 0 Å². The number of carbonyl (C=O) groups is 1. The van der Waals surface area contributed by atoms with Gasteiger partial charge < -0.3 is 14.9 Å². The maximum absolute atomic E-state index is 12.5. The second-order valence-electron chi connectivity index (χ2n) is 7.69. The summed E-state index contributed by atoms with van der Waals surface area (Å²) in [4.78, 5) is 19.2. The molecule has 0 bridgehead atoms. The minimum absolute atomic E-state index is 0.133. The van der Waals surface area contributed by atoms with Crippen molar-refractivity contribution in [2.24, 2.45) is 11.8 Å². The Kier molecular flexibility index (Phi) is 5.05. The van der Waals surface area contributed by atoms with Crippen LogP contribution in [-0.4, -0.2) is 84.2 Å². The van der Waals surface area contributed by atoms with Crippen molar-refractivity contribution in [3.05, 3.63) is 0 Å². The van der Waals surface area contributed by atoms with Gasteiger partial charge in [-0.05, 0) is 38.6 Å². The molecule has 2 saturated heterocycles. The first-order valence-electron chi connectivity index (χ1n) is 8.92. The topological polar surface area (TPSA) is 47.0 Å². The van der Waals surface area contributed by atoms with Crippen LogP contribution >= 0.6 is 0 Å². The monoisotopic (exact) mass is 309 g/mol. The summed E-state index contributed by atoms with van der Waals surface area (Å²) in [5.74, 6) is 1.34. The Morgan fingerprint density at radius 3 is 2.36 bits per heavy atom. The van der Waals surface area contributed by atoms with Gasteiger partial charge in [0.25, 0.3) is 0 Å². The molecular formula is C17H31N3O2. The van der Waals surface area contributed by atoms with E-state index in [1.165, 1.54) is 25.7 Å². The second kappa shape index (κ2) is 6.85. The van der Waals surface area contributed by atoms with Gasteiger partial charge in [0.15, 0.2) is 0 Å². The van der Waals surface area contributed by atoms with E-state index in [2.05, 4.69) is 23.8 Å². The Bertz CT molecular complexity index is 389. The number of hydrogen-bond donors (Lipinski definition) is 1. The van der Waals surface area contributed by atoms with Crippen molar-refractivity contribution >= 4 is 5.91 Å². The van der Waals surface area contributed by atoms with E-state index in [0.717, 1.165) is 32.1 Å². The quantitative estimate of drug-likeness (QED) is 0.831. The molecule has 1 N–H and O–H groups in total. The van der Waals surface area contributed by atoms with Gasteiger partial charge in [-0.15, -0.1) is 0 Å². The first-order chi connectivity index (χ1) is 10.6. The summed E-state index contributed by atoms with van der Waals surface area (Å²) in [6.45, 7) is 6.76. The highest BCUT2D eigenvalue weighted by Gasteiger charge is 2.38. The number of carbonyl (C=O) groups excluding carboxylic acids is 1. The number of aliphatic hydroxyl groups is 1. The molecule has 5 heteroatoms. The largest absolute Gasteiger partial charge is 0.395 e. The Morgan fingerprint density at radius 1 is 1.09 bits per heavy atom. The van der Waals surface area contributed by atoms with Crippen molar-refractivity contribution < 1.29 is 9.90 Å². The van der Waals surface area contributed by atoms with Crippen molar-refractivity contribution in [1.82, 2.24) is 14.7 Å². The zero-order valence-corrected chi connectivity index (χ0v) is 14.1. The fourth-order valence-electron chi connectivity index (χ4n) is 4.40. The zero-order valence-electron chi connectivity index (χ0n) is 14.1. The number of piperazine rings is 1. The minimum Gasteiger partial charge on any atom is -0.395 e. The Hall–Kier alpha value is -0.650. The molecule has 5 nitrogen and oxygen atoms in total. The molecule has 2 aliphatic heterocycles. The molecule has 2 heterocycles. The van der Waals surface area contributed by atoms with Crippen molar-refractivity contribution in [2.75, 3.05) is 46.4 Å². The number of aliphatic hydroxyl groups excluding tert-OH is 1. The van der Waals surface area contributed by atoms with Crippen LogP contribution in [0.25, 0.3) is 0 Å². The summed E-state index contributed by atoms with van der Waals surface area (Å²) >= 11 is 0. The fraction of sp³-hybridized carbons (Fsp3) is 0.941. The standard InChI is InChI=1S/C17H31N3O2/c1-13-3-5-15(6-4-13)20-8-7-19(11-16(20)12-21)17(22)14-9-18(2)10-14/h13-16,21H,3-12H2,1-2H3/t13?,15?,16-/m1/s1. The van der Waals surface area contributed by atoms with Gasteiger partial charge in [0.05, 0.1) is 18.6 Å². The SMILES string of the molecule is CC1CCC(N2CCN(C(=O)C3CN(C)C3)C[C@@H]2CO)CC1. The third kappa shape index (κ3) is 3.31. The molecule has 22 heavy (non-hydrogen) atoms. The lowest BCUT2D eigenvalue weighted by molar-refractivity contribution is -0.145. The lowest BCUT2D eigenvalue weighted by Crippen LogP contribution is -2.62. The summed E-state index contributed by atoms with van der Waals surface area (Å²) in [6, 6.07) is 0.745. The molecule has 3 aliphatic rings. The van der Waals surface area contributed by atoms with Crippen LogP contribution in [0.3, 0.4) is 0 Å². The van der Waals surface area contributed by atoms with E-state index in [1.54, 1.807) is 0 Å². The molecule has 3 fully saturated rings. The van der Waals surface area contributed by atoms with E-state index in [-0.39, 0.29) is 18.6 Å². The molecule has 0 radical (unpaired) electrons. The fourth-order valence-corrected chi connectivity index (χ4v) is 4.40. The molecule has 0 unspecified atom stereocenters. The molecule has 0 aromatic heterocycles. The van der Waals surface area contributed by atoms with Crippen LogP contribution in [0.4, 0.5) is 0 Å². The third-order valence-electron chi connectivity index (χ3n) is 5.92. The van der Waals surface area contributed by atoms with E-state index >= 15 is 0 Å². The van der Waals surface area contributed by atoms with E-state index in [9.17, 15) is 9.90 Å². The maximum Gasteiger partial charge on any atom is 0.228 e. The normalized spacial score (nSPS) is 35.4. The van der Waals surface area contributed by atoms with Crippen molar-refractivity contribution in [1.29, 1.82) is 0 Å². The van der Waals surface area contributed by atoms with Gasteiger partial charge in [-0.2, -0.15) is 0 Å². The maximum atomic E-state index is 12.5. The highest BCUT2D eigenvalue weighted by atomic mass is 16.3. The summed E-state index contributed by atoms with van der Waals surface area (Å²) in [5, 5.41) is 9.81. The Balaban J connectivity index is 1.55. The van der Waals surface area contributed by atoms with Crippen LogP contribution in [0.2, 0.25) is 0 Å². The summed E-state index contributed by atoms with van der Waals surface area (Å²) in [6.07, 6.45) is 5.10. The highest BCUT2D eigenvalue weighted by Crippen LogP contribution is 2.30. The lowest BCUT2D eigenvalue weighted by Gasteiger charge is -2.48. The average molecular weight is 309 g/mol. The van der Waals surface area contributed by atoms with Gasteiger partial charge in [0.1, 0.15) is 0 Å². The highest BCUT2D eigenvalue weighted by molar-refractivity contribution is 5.80. The summed E-state index contributed by atoms with van der Waals surface area (Å²) in [7, 11) is 2.06. The summed E-state index contributed by atoms with van der Waals surface area (Å²) < 4.78 is 0. The number of nitrogens with zero attached hydrogens (tertiary/aromatic N) is 3. The van der Waals surface area contributed by atoms with Gasteiger partial charge in [-0.3, -0.25) is 9.69 Å². The molecule has 0 aromatic carbocycles. The average Bonchev–Trinajstić information content (AvgIpc) is 2.51. The van der Waals surface area contributed by atoms with Gasteiger partial charge >= 0.3 is 0 Å². The van der Waals surface area contributed by atoms with Crippen LogP contribution < -0.4 is 0 Å². The van der Waals surface area contributed by atoms with E-state index in [0.29, 0.717) is 18.5 Å². The smallest absolute Gasteiger partial charge is 0.228 e. The van der Waals surface area contributed by atoms with E-state index in [1.807, 2.05) is 4.90 Å². The lowest BCUT2D eigenvalue weighted by atomic mass is 9.85. The van der Waals surface area contributed by atoms with Gasteiger partial charge in [-0.25, -0.2) is 0 Å². The predicted octanol–water partition coefficient (Wildman–Crippen LogP) is 0.632. The summed E-state index contributed by atoms with van der Waals surface area (Å²) in [5.41, 5.74) is 0. The number of hydrogen-bond acceptors (Lipinski definition) is 4. The third-order valence-corrected chi connectivity index (χ3v) is 5.92. The predicted molar refractivity (Wildman–Crippen MR) is 86.6 cm³/mol. The molecule has 1 aliphatic carbocycles.